The van der Waals surface area contributed by atoms with Crippen LogP contribution in [0.5, 0.6) is 5.75 Å². The Morgan fingerprint density at radius 3 is 2.32 bits per heavy atom. The molecule has 0 radical (unpaired) electrons. The maximum Gasteiger partial charge on any atom is 0.341 e. The van der Waals surface area contributed by atoms with E-state index in [0.29, 0.717) is 18.2 Å². The molecule has 0 bridgehead atoms. The van der Waals surface area contributed by atoms with Gasteiger partial charge in [0.15, 0.2) is 6.61 Å². The fraction of sp³-hybridized carbons (Fsp3) is 0.250. The van der Waals surface area contributed by atoms with E-state index in [9.17, 15) is 18.4 Å². The number of carbonyl (C=O) groups is 2. The minimum atomic E-state index is -1.03. The molecule has 7 heteroatoms. The molecule has 0 aliphatic heterocycles. The summed E-state index contributed by atoms with van der Waals surface area (Å²) >= 11 is 0. The highest BCUT2D eigenvalue weighted by Gasteiger charge is 2.19. The summed E-state index contributed by atoms with van der Waals surface area (Å²) in [5, 5.41) is 0. The summed E-state index contributed by atoms with van der Waals surface area (Å²) in [6.07, 6.45) is 0.771. The Kier molecular flexibility index (Phi) is 6.84. The number of nitrogens with zero attached hydrogens (tertiary/aromatic N) is 1. The van der Waals surface area contributed by atoms with Crippen LogP contribution in [0.4, 0.5) is 8.78 Å². The van der Waals surface area contributed by atoms with E-state index in [2.05, 4.69) is 0 Å². The maximum atomic E-state index is 13.7. The number of aryl methyl sites for hydroxylation is 2. The predicted molar refractivity (Wildman–Crippen MR) is 112 cm³/mol. The molecule has 0 N–H and O–H groups in total. The normalized spacial score (nSPS) is 10.7. The van der Waals surface area contributed by atoms with Crippen molar-refractivity contribution < 1.29 is 27.8 Å². The van der Waals surface area contributed by atoms with Crippen molar-refractivity contribution in [2.24, 2.45) is 0 Å². The highest BCUT2D eigenvalue weighted by Crippen LogP contribution is 2.19. The van der Waals surface area contributed by atoms with Crippen LogP contribution in [0, 0.1) is 25.5 Å². The van der Waals surface area contributed by atoms with E-state index < -0.39 is 29.8 Å². The number of Topliss-reactive ketones (excluding diaryl/α,β-unsaturated/α-hetero) is 1. The summed E-state index contributed by atoms with van der Waals surface area (Å²) in [4.78, 5) is 24.6. The summed E-state index contributed by atoms with van der Waals surface area (Å²) in [6, 6.07) is 12.1. The molecular weight excluding hydrogens is 404 g/mol. The Bertz CT molecular complexity index is 1100. The first kappa shape index (κ1) is 22.2. The third kappa shape index (κ3) is 5.17. The topological polar surface area (TPSA) is 57.5 Å². The van der Waals surface area contributed by atoms with Crippen molar-refractivity contribution >= 4 is 11.8 Å². The lowest BCUT2D eigenvalue weighted by Crippen LogP contribution is -2.16. The van der Waals surface area contributed by atoms with Gasteiger partial charge in [-0.3, -0.25) is 4.79 Å². The summed E-state index contributed by atoms with van der Waals surface area (Å²) in [5.41, 5.74) is 2.83. The third-order valence-electron chi connectivity index (χ3n) is 5.14. The van der Waals surface area contributed by atoms with Crippen molar-refractivity contribution in [1.29, 1.82) is 0 Å². The standard InChI is InChI=1S/C24H23F2NO4/c1-15-12-21(16(2)27(15)11-10-17-4-7-19(30-3)8-5-17)23(28)14-31-24(29)20-9-6-18(25)13-22(20)26/h4-9,12-13H,10-11,14H2,1-3H3. The molecule has 0 aliphatic rings. The molecule has 0 saturated heterocycles. The smallest absolute Gasteiger partial charge is 0.341 e. The summed E-state index contributed by atoms with van der Waals surface area (Å²) in [6.45, 7) is 3.88. The van der Waals surface area contributed by atoms with Crippen molar-refractivity contribution in [1.82, 2.24) is 4.57 Å². The highest BCUT2D eigenvalue weighted by molar-refractivity contribution is 6.00. The lowest BCUT2D eigenvalue weighted by Gasteiger charge is -2.10. The molecule has 162 valence electrons. The van der Waals surface area contributed by atoms with Gasteiger partial charge >= 0.3 is 5.97 Å². The van der Waals surface area contributed by atoms with Crippen LogP contribution < -0.4 is 4.74 Å². The Balaban J connectivity index is 1.64. The van der Waals surface area contributed by atoms with Crippen molar-refractivity contribution in [3.63, 3.8) is 0 Å². The van der Waals surface area contributed by atoms with Gasteiger partial charge in [0.25, 0.3) is 0 Å². The number of carbonyl (C=O) groups excluding carboxylic acids is 2. The quantitative estimate of drug-likeness (QED) is 0.387. The third-order valence-corrected chi connectivity index (χ3v) is 5.14. The van der Waals surface area contributed by atoms with E-state index in [1.54, 1.807) is 13.2 Å². The van der Waals surface area contributed by atoms with Gasteiger partial charge in [-0.25, -0.2) is 13.6 Å². The second-order valence-corrected chi connectivity index (χ2v) is 7.16. The van der Waals surface area contributed by atoms with Crippen LogP contribution in [0.3, 0.4) is 0 Å². The number of ether oxygens (including phenoxy) is 2. The highest BCUT2D eigenvalue weighted by atomic mass is 19.1. The molecule has 5 nitrogen and oxygen atoms in total. The second-order valence-electron chi connectivity index (χ2n) is 7.16. The summed E-state index contributed by atoms with van der Waals surface area (Å²) < 4.78 is 38.8. The molecule has 0 atom stereocenters. The molecule has 0 fully saturated rings. The number of benzene rings is 2. The SMILES string of the molecule is COc1ccc(CCn2c(C)cc(C(=O)COC(=O)c3ccc(F)cc3F)c2C)cc1. The van der Waals surface area contributed by atoms with Crippen LogP contribution in [0.15, 0.2) is 48.5 Å². The van der Waals surface area contributed by atoms with Gasteiger partial charge in [0, 0.05) is 29.6 Å². The van der Waals surface area contributed by atoms with Gasteiger partial charge in [-0.15, -0.1) is 0 Å². The minimum Gasteiger partial charge on any atom is -0.497 e. The largest absolute Gasteiger partial charge is 0.497 e. The number of rotatable bonds is 8. The lowest BCUT2D eigenvalue weighted by molar-refractivity contribution is 0.0469. The van der Waals surface area contributed by atoms with Crippen molar-refractivity contribution in [2.75, 3.05) is 13.7 Å². The second kappa shape index (κ2) is 9.55. The number of aromatic nitrogens is 1. The molecule has 1 aromatic heterocycles. The maximum absolute atomic E-state index is 13.7. The van der Waals surface area contributed by atoms with E-state index in [0.717, 1.165) is 41.3 Å². The lowest BCUT2D eigenvalue weighted by atomic mass is 10.1. The van der Waals surface area contributed by atoms with Gasteiger partial charge in [0.2, 0.25) is 5.78 Å². The van der Waals surface area contributed by atoms with Gasteiger partial charge < -0.3 is 14.0 Å². The Labute approximate surface area is 179 Å². The minimum absolute atomic E-state index is 0.389. The monoisotopic (exact) mass is 427 g/mol. The number of hydrogen-bond acceptors (Lipinski definition) is 4. The van der Waals surface area contributed by atoms with E-state index in [1.807, 2.05) is 42.7 Å². The Hall–Kier alpha value is -3.48. The zero-order valence-electron chi connectivity index (χ0n) is 17.6. The van der Waals surface area contributed by atoms with Crippen LogP contribution in [0.1, 0.15) is 37.7 Å². The van der Waals surface area contributed by atoms with Crippen LogP contribution in [-0.4, -0.2) is 30.0 Å². The zero-order chi connectivity index (χ0) is 22.5. The molecule has 0 aliphatic carbocycles. The van der Waals surface area contributed by atoms with Crippen LogP contribution in [-0.2, 0) is 17.7 Å². The fourth-order valence-electron chi connectivity index (χ4n) is 3.40. The molecule has 3 aromatic rings. The van der Waals surface area contributed by atoms with Crippen LogP contribution >= 0.6 is 0 Å². The summed E-state index contributed by atoms with van der Waals surface area (Å²) in [5.74, 6) is -2.44. The van der Waals surface area contributed by atoms with E-state index in [1.165, 1.54) is 0 Å². The molecule has 2 aromatic carbocycles. The zero-order valence-corrected chi connectivity index (χ0v) is 17.6. The fourth-order valence-corrected chi connectivity index (χ4v) is 3.40. The average molecular weight is 427 g/mol. The first-order valence-corrected chi connectivity index (χ1v) is 9.75. The van der Waals surface area contributed by atoms with Crippen molar-refractivity contribution in [3.05, 3.63) is 88.2 Å². The molecule has 0 saturated carbocycles. The van der Waals surface area contributed by atoms with Crippen LogP contribution in [0.25, 0.3) is 0 Å². The Morgan fingerprint density at radius 2 is 1.68 bits per heavy atom. The first-order chi connectivity index (χ1) is 14.8. The molecule has 3 rings (SSSR count). The van der Waals surface area contributed by atoms with Gasteiger partial charge in [0.1, 0.15) is 17.4 Å². The van der Waals surface area contributed by atoms with Crippen LogP contribution in [0.2, 0.25) is 0 Å². The molecule has 0 unspecified atom stereocenters. The number of ketones is 1. The van der Waals surface area contributed by atoms with Gasteiger partial charge in [0.05, 0.1) is 12.7 Å². The summed E-state index contributed by atoms with van der Waals surface area (Å²) in [7, 11) is 1.62. The van der Waals surface area contributed by atoms with Crippen molar-refractivity contribution in [3.8, 4) is 5.75 Å². The average Bonchev–Trinajstić information content (AvgIpc) is 3.04. The number of halogens is 2. The van der Waals surface area contributed by atoms with E-state index in [4.69, 9.17) is 9.47 Å². The number of hydrogen-bond donors (Lipinski definition) is 0. The molecule has 31 heavy (non-hydrogen) atoms. The van der Waals surface area contributed by atoms with E-state index >= 15 is 0 Å². The molecular formula is C24H23F2NO4. The number of methoxy groups -OCH3 is 1. The molecule has 0 amide bonds. The number of esters is 1. The van der Waals surface area contributed by atoms with Gasteiger partial charge in [-0.05, 0) is 56.2 Å². The van der Waals surface area contributed by atoms with E-state index in [-0.39, 0.29) is 5.78 Å². The Morgan fingerprint density at radius 1 is 0.968 bits per heavy atom. The molecule has 1 heterocycles. The van der Waals surface area contributed by atoms with Gasteiger partial charge in [-0.2, -0.15) is 0 Å². The first-order valence-electron chi connectivity index (χ1n) is 9.75. The predicted octanol–water partition coefficient (Wildman–Crippen LogP) is 4.67. The van der Waals surface area contributed by atoms with Crippen molar-refractivity contribution in [2.45, 2.75) is 26.8 Å². The van der Waals surface area contributed by atoms with Gasteiger partial charge in [-0.1, -0.05) is 12.1 Å². The molecule has 0 spiro atoms.